The Bertz CT molecular complexity index is 933. The predicted molar refractivity (Wildman–Crippen MR) is 101 cm³/mol. The Labute approximate surface area is 149 Å². The molecule has 0 saturated heterocycles. The molecular weight excluding hydrogens is 341 g/mol. The third-order valence-corrected chi connectivity index (χ3v) is 6.19. The molecule has 0 aromatic carbocycles. The van der Waals surface area contributed by atoms with Gasteiger partial charge in [-0.3, -0.25) is 0 Å². The van der Waals surface area contributed by atoms with Crippen molar-refractivity contribution in [2.24, 2.45) is 0 Å². The third-order valence-electron chi connectivity index (χ3n) is 4.48. The largest absolute Gasteiger partial charge is 0.505 e. The van der Waals surface area contributed by atoms with Gasteiger partial charge >= 0.3 is 0 Å². The van der Waals surface area contributed by atoms with E-state index in [-0.39, 0.29) is 5.75 Å². The second kappa shape index (κ2) is 5.46. The maximum Gasteiger partial charge on any atom is 0.145 e. The number of halogens is 1. The number of aromatic hydroxyl groups is 1. The van der Waals surface area contributed by atoms with Gasteiger partial charge in [0.15, 0.2) is 0 Å². The molecule has 1 atom stereocenters. The number of hydrogen-bond donors (Lipinski definition) is 2. The lowest BCUT2D eigenvalue weighted by Gasteiger charge is -2.15. The van der Waals surface area contributed by atoms with Crippen molar-refractivity contribution < 1.29 is 9.50 Å². The van der Waals surface area contributed by atoms with Crippen LogP contribution in [0, 0.1) is 6.92 Å². The fraction of sp³-hybridized carbons (Fsp3) is 0.316. The third kappa shape index (κ3) is 2.60. The highest BCUT2D eigenvalue weighted by molar-refractivity contribution is 7.80. The van der Waals surface area contributed by atoms with Crippen molar-refractivity contribution in [1.82, 2.24) is 4.98 Å². The summed E-state index contributed by atoms with van der Waals surface area (Å²) in [6.07, 6.45) is 10.5. The van der Waals surface area contributed by atoms with Gasteiger partial charge in [-0.2, -0.15) is 0 Å². The van der Waals surface area contributed by atoms with Crippen molar-refractivity contribution in [2.75, 3.05) is 0 Å². The number of nitrogens with zero attached hydrogens (tertiary/aromatic N) is 1. The average Bonchev–Trinajstić information content (AvgIpc) is 3.32. The van der Waals surface area contributed by atoms with Crippen LogP contribution in [0.5, 0.6) is 5.75 Å². The molecule has 0 spiro atoms. The van der Waals surface area contributed by atoms with Crippen molar-refractivity contribution in [3.05, 3.63) is 46.5 Å². The minimum atomic E-state index is -1.57. The van der Waals surface area contributed by atoms with Crippen molar-refractivity contribution >= 4 is 39.8 Å². The zero-order valence-electron chi connectivity index (χ0n) is 13.5. The fourth-order valence-corrected chi connectivity index (χ4v) is 4.48. The Morgan fingerprint density at radius 1 is 1.38 bits per heavy atom. The summed E-state index contributed by atoms with van der Waals surface area (Å²) in [6.45, 7) is 3.50. The number of alkyl halides is 1. The zero-order chi connectivity index (χ0) is 17.1. The topological polar surface area (TPSA) is 33.1 Å². The Morgan fingerprint density at radius 2 is 2.12 bits per heavy atom. The minimum Gasteiger partial charge on any atom is -0.505 e. The van der Waals surface area contributed by atoms with Gasteiger partial charge < -0.3 is 5.11 Å². The van der Waals surface area contributed by atoms with Crippen LogP contribution in [0.2, 0.25) is 0 Å². The first-order chi connectivity index (χ1) is 11.4. The maximum absolute atomic E-state index is 14.7. The van der Waals surface area contributed by atoms with Crippen LogP contribution in [-0.2, 0) is 0 Å². The van der Waals surface area contributed by atoms with Gasteiger partial charge in [-0.1, -0.05) is 18.2 Å². The molecule has 0 aliphatic heterocycles. The molecule has 0 bridgehead atoms. The van der Waals surface area contributed by atoms with E-state index in [1.54, 1.807) is 29.6 Å². The lowest BCUT2D eigenvalue weighted by Crippen LogP contribution is -2.09. The molecule has 1 unspecified atom stereocenters. The number of aromatic nitrogens is 1. The van der Waals surface area contributed by atoms with E-state index in [2.05, 4.69) is 12.6 Å². The van der Waals surface area contributed by atoms with Crippen LogP contribution in [0.4, 0.5) is 4.39 Å². The lowest BCUT2D eigenvalue weighted by molar-refractivity contribution is 0.329. The number of aryl methyl sites for hydroxylation is 1. The summed E-state index contributed by atoms with van der Waals surface area (Å²) in [4.78, 5) is 7.41. The molecular formula is C19H18FNOS2. The second-order valence-corrected chi connectivity index (χ2v) is 8.30. The highest BCUT2D eigenvalue weighted by Gasteiger charge is 2.32. The summed E-state index contributed by atoms with van der Waals surface area (Å²) in [5.74, 6) is 0.482. The standard InChI is InChI=1S/C19H18FNOS2/c1-10-17(23)14-13(12-5-3-4-8-19(2,20)9-12)16(22)15(11-6-7-11)21-18(14)24-10/h3-5,8-9,11,22-23H,6-7H2,1-2H3. The summed E-state index contributed by atoms with van der Waals surface area (Å²) in [6, 6.07) is 0. The Kier molecular flexibility index (Phi) is 3.62. The van der Waals surface area contributed by atoms with Crippen LogP contribution in [-0.4, -0.2) is 15.8 Å². The minimum absolute atomic E-state index is 0.173. The van der Waals surface area contributed by atoms with Gasteiger partial charge in [-0.05, 0) is 44.4 Å². The Balaban J connectivity index is 2.06. The molecule has 0 radical (unpaired) electrons. The number of allylic oxidation sites excluding steroid dienone is 6. The molecule has 5 heteroatoms. The second-order valence-electron chi connectivity index (χ2n) is 6.65. The number of thiophene rings is 1. The van der Waals surface area contributed by atoms with Crippen LogP contribution >= 0.6 is 24.0 Å². The molecule has 1 saturated carbocycles. The zero-order valence-corrected chi connectivity index (χ0v) is 15.2. The molecule has 2 aliphatic rings. The molecule has 2 nitrogen and oxygen atoms in total. The number of rotatable bonds is 2. The summed E-state index contributed by atoms with van der Waals surface area (Å²) in [5.41, 5.74) is 0.492. The predicted octanol–water partition coefficient (Wildman–Crippen LogP) is 5.71. The first-order valence-corrected chi connectivity index (χ1v) is 9.27. The summed E-state index contributed by atoms with van der Waals surface area (Å²) in [5, 5.41) is 11.8. The smallest absolute Gasteiger partial charge is 0.145 e. The van der Waals surface area contributed by atoms with E-state index in [0.717, 1.165) is 38.5 Å². The molecule has 1 fully saturated rings. The Hall–Kier alpha value is -1.59. The number of hydrogen-bond acceptors (Lipinski definition) is 4. The van der Waals surface area contributed by atoms with E-state index < -0.39 is 5.67 Å². The lowest BCUT2D eigenvalue weighted by atomic mass is 9.96. The van der Waals surface area contributed by atoms with Crippen LogP contribution < -0.4 is 0 Å². The molecule has 2 aliphatic carbocycles. The number of thiol groups is 1. The molecule has 2 heterocycles. The van der Waals surface area contributed by atoms with Crippen LogP contribution in [0.15, 0.2) is 35.3 Å². The van der Waals surface area contributed by atoms with Gasteiger partial charge in [-0.25, -0.2) is 9.37 Å². The van der Waals surface area contributed by atoms with Crippen LogP contribution in [0.25, 0.3) is 15.8 Å². The summed E-state index contributed by atoms with van der Waals surface area (Å²) < 4.78 is 14.7. The van der Waals surface area contributed by atoms with Gasteiger partial charge in [0.05, 0.1) is 5.69 Å². The Morgan fingerprint density at radius 3 is 2.83 bits per heavy atom. The van der Waals surface area contributed by atoms with Gasteiger partial charge in [-0.15, -0.1) is 24.0 Å². The summed E-state index contributed by atoms with van der Waals surface area (Å²) in [7, 11) is 0. The highest BCUT2D eigenvalue weighted by atomic mass is 32.1. The van der Waals surface area contributed by atoms with Crippen LogP contribution in [0.1, 0.15) is 41.8 Å². The van der Waals surface area contributed by atoms with E-state index in [4.69, 9.17) is 4.98 Å². The number of pyridine rings is 1. The molecule has 0 amide bonds. The molecule has 24 heavy (non-hydrogen) atoms. The molecule has 1 N–H and O–H groups in total. The SMILES string of the molecule is Cc1sc2nc(C3CC3)c(O)c(C3=CC(C)(F)C=CC=C3)c2c1S. The van der Waals surface area contributed by atoms with E-state index in [1.807, 2.05) is 13.0 Å². The quantitative estimate of drug-likeness (QED) is 0.673. The van der Waals surface area contributed by atoms with Gasteiger partial charge in [0.2, 0.25) is 0 Å². The van der Waals surface area contributed by atoms with E-state index in [1.165, 1.54) is 13.0 Å². The van der Waals surface area contributed by atoms with Gasteiger partial charge in [0, 0.05) is 26.6 Å². The first-order valence-electron chi connectivity index (χ1n) is 8.00. The number of fused-ring (bicyclic) bond motifs is 1. The maximum atomic E-state index is 14.7. The van der Waals surface area contributed by atoms with Gasteiger partial charge in [0.1, 0.15) is 16.2 Å². The van der Waals surface area contributed by atoms with Crippen molar-refractivity contribution in [3.63, 3.8) is 0 Å². The normalized spacial score (nSPS) is 23.6. The molecule has 2 aromatic rings. The average molecular weight is 359 g/mol. The van der Waals surface area contributed by atoms with Crippen molar-refractivity contribution in [1.29, 1.82) is 0 Å². The molecule has 4 rings (SSSR count). The molecule has 124 valence electrons. The van der Waals surface area contributed by atoms with Crippen molar-refractivity contribution in [3.8, 4) is 5.75 Å². The fourth-order valence-electron chi connectivity index (χ4n) is 3.12. The first kappa shape index (κ1) is 15.9. The highest BCUT2D eigenvalue weighted by Crippen LogP contribution is 2.50. The van der Waals surface area contributed by atoms with E-state index >= 15 is 0 Å². The molecule has 2 aromatic heterocycles. The monoisotopic (exact) mass is 359 g/mol. The van der Waals surface area contributed by atoms with E-state index in [0.29, 0.717) is 17.1 Å². The summed E-state index contributed by atoms with van der Waals surface area (Å²) >= 11 is 6.19. The van der Waals surface area contributed by atoms with Crippen molar-refractivity contribution in [2.45, 2.75) is 43.2 Å². The van der Waals surface area contributed by atoms with Gasteiger partial charge in [0.25, 0.3) is 0 Å². The van der Waals surface area contributed by atoms with Crippen LogP contribution in [0.3, 0.4) is 0 Å². The van der Waals surface area contributed by atoms with E-state index in [9.17, 15) is 9.50 Å².